The monoisotopic (exact) mass is 282 g/mol. The molecule has 2 fully saturated rings. The van der Waals surface area contributed by atoms with Crippen LogP contribution in [0.5, 0.6) is 0 Å². The maximum absolute atomic E-state index is 11.3. The molecule has 0 bridgehead atoms. The average Bonchev–Trinajstić information content (AvgIpc) is 2.30. The molecule has 2 aliphatic rings. The second-order valence-corrected chi connectivity index (χ2v) is 3.65. The highest BCUT2D eigenvalue weighted by Crippen LogP contribution is 2.03. The molecular weight excluding hydrogens is 276 g/mol. The Hall–Kier alpha value is -3.18. The number of azo groups is 1. The quantitative estimate of drug-likeness (QED) is 0.308. The Kier molecular flexibility index (Phi) is 3.20. The summed E-state index contributed by atoms with van der Waals surface area (Å²) in [5.41, 5.74) is 0. The van der Waals surface area contributed by atoms with E-state index in [1.807, 2.05) is 0 Å². The standard InChI is InChI=1S/C8H6N6O6/c15-3-1(4(16)10-7(19)9-3)13-14-2-5(17)11-8(20)12-6(2)18/h1-2H,(H2,9,10,15,16,19)(H2,11,12,17,18,20). The van der Waals surface area contributed by atoms with Crippen LogP contribution in [0.4, 0.5) is 9.59 Å². The summed E-state index contributed by atoms with van der Waals surface area (Å²) in [6.45, 7) is 0. The molecule has 0 radical (unpaired) electrons. The van der Waals surface area contributed by atoms with Gasteiger partial charge < -0.3 is 0 Å². The van der Waals surface area contributed by atoms with Crippen molar-refractivity contribution in [3.05, 3.63) is 0 Å². The molecule has 8 amide bonds. The Morgan fingerprint density at radius 1 is 0.550 bits per heavy atom. The molecule has 12 heteroatoms. The third-order valence-corrected chi connectivity index (χ3v) is 2.24. The van der Waals surface area contributed by atoms with Gasteiger partial charge in [0.05, 0.1) is 0 Å². The number of barbiturate groups is 2. The number of hydrogen-bond acceptors (Lipinski definition) is 8. The van der Waals surface area contributed by atoms with Gasteiger partial charge in [0.1, 0.15) is 0 Å². The molecule has 12 nitrogen and oxygen atoms in total. The minimum absolute atomic E-state index is 1.01. The summed E-state index contributed by atoms with van der Waals surface area (Å²) in [6, 6.07) is -5.42. The van der Waals surface area contributed by atoms with Gasteiger partial charge in [0.25, 0.3) is 23.6 Å². The van der Waals surface area contributed by atoms with Crippen molar-refractivity contribution in [3.63, 3.8) is 0 Å². The zero-order valence-electron chi connectivity index (χ0n) is 9.50. The number of rotatable bonds is 2. The number of nitrogens with zero attached hydrogens (tertiary/aromatic N) is 2. The van der Waals surface area contributed by atoms with Gasteiger partial charge in [-0.25, -0.2) is 9.59 Å². The van der Waals surface area contributed by atoms with Crippen molar-refractivity contribution in [2.75, 3.05) is 0 Å². The van der Waals surface area contributed by atoms with E-state index in [2.05, 4.69) is 10.2 Å². The second-order valence-electron chi connectivity index (χ2n) is 3.65. The smallest absolute Gasteiger partial charge is 0.275 e. The van der Waals surface area contributed by atoms with Crippen LogP contribution in [0.2, 0.25) is 0 Å². The summed E-state index contributed by atoms with van der Waals surface area (Å²) in [4.78, 5) is 66.8. The molecule has 2 rings (SSSR count). The van der Waals surface area contributed by atoms with Crippen molar-refractivity contribution in [1.82, 2.24) is 21.3 Å². The predicted molar refractivity (Wildman–Crippen MR) is 55.8 cm³/mol. The molecule has 2 aliphatic heterocycles. The first kappa shape index (κ1) is 13.3. The SMILES string of the molecule is O=C1NC(=O)C(N=NC2C(=O)NC(=O)NC2=O)C(=O)N1. The molecule has 2 saturated heterocycles. The zero-order chi connectivity index (χ0) is 14.9. The van der Waals surface area contributed by atoms with Crippen molar-refractivity contribution in [1.29, 1.82) is 0 Å². The number of imide groups is 4. The van der Waals surface area contributed by atoms with Crippen LogP contribution in [0.25, 0.3) is 0 Å². The van der Waals surface area contributed by atoms with Gasteiger partial charge in [0, 0.05) is 0 Å². The van der Waals surface area contributed by atoms with Crippen LogP contribution < -0.4 is 21.3 Å². The van der Waals surface area contributed by atoms with Crippen LogP contribution >= 0.6 is 0 Å². The van der Waals surface area contributed by atoms with Gasteiger partial charge in [0.15, 0.2) is 0 Å². The predicted octanol–water partition coefficient (Wildman–Crippen LogP) is -3.09. The lowest BCUT2D eigenvalue weighted by Crippen LogP contribution is -2.59. The minimum Gasteiger partial charge on any atom is -0.275 e. The first-order valence-electron chi connectivity index (χ1n) is 5.10. The molecule has 0 aromatic rings. The average molecular weight is 282 g/mol. The largest absolute Gasteiger partial charge is 0.328 e. The van der Waals surface area contributed by atoms with E-state index >= 15 is 0 Å². The molecule has 0 unspecified atom stereocenters. The van der Waals surface area contributed by atoms with Crippen LogP contribution in [0.3, 0.4) is 0 Å². The lowest BCUT2D eigenvalue weighted by molar-refractivity contribution is -0.134. The van der Waals surface area contributed by atoms with E-state index in [4.69, 9.17) is 0 Å². The van der Waals surface area contributed by atoms with Crippen LogP contribution in [-0.2, 0) is 19.2 Å². The topological polar surface area (TPSA) is 175 Å². The molecule has 0 aromatic heterocycles. The van der Waals surface area contributed by atoms with Gasteiger partial charge in [-0.05, 0) is 0 Å². The summed E-state index contributed by atoms with van der Waals surface area (Å²) in [6.07, 6.45) is 0. The Morgan fingerprint density at radius 2 is 0.800 bits per heavy atom. The molecular formula is C8H6N6O6. The number of carbonyl (C=O) groups excluding carboxylic acids is 6. The molecule has 4 N–H and O–H groups in total. The third-order valence-electron chi connectivity index (χ3n) is 2.24. The Labute approximate surface area is 109 Å². The van der Waals surface area contributed by atoms with E-state index in [0.29, 0.717) is 0 Å². The molecule has 104 valence electrons. The molecule has 0 atom stereocenters. The number of amides is 8. The Morgan fingerprint density at radius 3 is 1.05 bits per heavy atom. The summed E-state index contributed by atoms with van der Waals surface area (Å²) in [5.74, 6) is -4.18. The molecule has 0 spiro atoms. The fourth-order valence-corrected chi connectivity index (χ4v) is 1.36. The van der Waals surface area contributed by atoms with E-state index in [-0.39, 0.29) is 0 Å². The van der Waals surface area contributed by atoms with E-state index in [1.54, 1.807) is 21.3 Å². The highest BCUT2D eigenvalue weighted by atomic mass is 16.2. The van der Waals surface area contributed by atoms with Crippen molar-refractivity contribution in [3.8, 4) is 0 Å². The molecule has 2 heterocycles. The highest BCUT2D eigenvalue weighted by Gasteiger charge is 2.37. The lowest BCUT2D eigenvalue weighted by atomic mass is 10.2. The van der Waals surface area contributed by atoms with E-state index in [0.717, 1.165) is 0 Å². The van der Waals surface area contributed by atoms with Gasteiger partial charge in [-0.1, -0.05) is 0 Å². The van der Waals surface area contributed by atoms with Crippen LogP contribution in [0.1, 0.15) is 0 Å². The first-order valence-corrected chi connectivity index (χ1v) is 5.10. The highest BCUT2D eigenvalue weighted by molar-refractivity contribution is 6.20. The van der Waals surface area contributed by atoms with E-state index in [9.17, 15) is 28.8 Å². The summed E-state index contributed by atoms with van der Waals surface area (Å²) < 4.78 is 0. The summed E-state index contributed by atoms with van der Waals surface area (Å²) >= 11 is 0. The molecule has 0 saturated carbocycles. The van der Waals surface area contributed by atoms with E-state index in [1.165, 1.54) is 0 Å². The van der Waals surface area contributed by atoms with Crippen LogP contribution in [0, 0.1) is 0 Å². The van der Waals surface area contributed by atoms with Gasteiger partial charge in [-0.3, -0.25) is 40.4 Å². The molecule has 0 aromatic carbocycles. The van der Waals surface area contributed by atoms with Gasteiger partial charge in [0.2, 0.25) is 12.1 Å². The maximum atomic E-state index is 11.3. The van der Waals surface area contributed by atoms with Crippen molar-refractivity contribution in [2.45, 2.75) is 12.1 Å². The fraction of sp³-hybridized carbons (Fsp3) is 0.250. The number of urea groups is 2. The van der Waals surface area contributed by atoms with Gasteiger partial charge in [-0.15, -0.1) is 0 Å². The van der Waals surface area contributed by atoms with Gasteiger partial charge >= 0.3 is 12.1 Å². The number of hydrogen-bond donors (Lipinski definition) is 4. The summed E-state index contributed by atoms with van der Waals surface area (Å²) in [7, 11) is 0. The van der Waals surface area contributed by atoms with Crippen LogP contribution in [-0.4, -0.2) is 47.8 Å². The van der Waals surface area contributed by atoms with Crippen molar-refractivity contribution >= 4 is 35.7 Å². The fourth-order valence-electron chi connectivity index (χ4n) is 1.36. The zero-order valence-corrected chi connectivity index (χ0v) is 9.50. The molecule has 0 aliphatic carbocycles. The Balaban J connectivity index is 2.12. The third kappa shape index (κ3) is 2.47. The van der Waals surface area contributed by atoms with Crippen molar-refractivity contribution in [2.24, 2.45) is 10.2 Å². The first-order chi connectivity index (χ1) is 9.38. The maximum Gasteiger partial charge on any atom is 0.328 e. The van der Waals surface area contributed by atoms with Crippen molar-refractivity contribution < 1.29 is 28.8 Å². The van der Waals surface area contributed by atoms with E-state index < -0.39 is 47.8 Å². The number of nitrogens with one attached hydrogen (secondary N) is 4. The van der Waals surface area contributed by atoms with Gasteiger partial charge in [-0.2, -0.15) is 10.2 Å². The lowest BCUT2D eigenvalue weighted by Gasteiger charge is -2.18. The summed E-state index contributed by atoms with van der Waals surface area (Å²) in [5, 5.41) is 13.5. The minimum atomic E-state index is -1.70. The molecule has 20 heavy (non-hydrogen) atoms. The second kappa shape index (κ2) is 4.83. The Bertz CT molecular complexity index is 492. The van der Waals surface area contributed by atoms with Crippen LogP contribution in [0.15, 0.2) is 10.2 Å². The normalized spacial score (nSPS) is 21.6. The number of carbonyl (C=O) groups is 6.